The predicted molar refractivity (Wildman–Crippen MR) is 59.7 cm³/mol. The second kappa shape index (κ2) is 4.49. The molecule has 0 aliphatic heterocycles. The molecule has 0 radical (unpaired) electrons. The smallest absolute Gasteiger partial charge is 0.142 e. The van der Waals surface area contributed by atoms with Crippen LogP contribution in [0.1, 0.15) is 16.5 Å². The Morgan fingerprint density at radius 3 is 2.62 bits per heavy atom. The lowest BCUT2D eigenvalue weighted by molar-refractivity contribution is 0.218. The Morgan fingerprint density at radius 1 is 1.25 bits per heavy atom. The van der Waals surface area contributed by atoms with E-state index < -0.39 is 17.7 Å². The van der Waals surface area contributed by atoms with Crippen LogP contribution in [0.3, 0.4) is 0 Å². The van der Waals surface area contributed by atoms with Gasteiger partial charge in [-0.25, -0.2) is 8.78 Å². The quantitative estimate of drug-likeness (QED) is 0.815. The van der Waals surface area contributed by atoms with Gasteiger partial charge < -0.3 is 5.11 Å². The average molecular weight is 261 g/mol. The number of benzene rings is 1. The molecule has 1 heterocycles. The number of hydrogen-bond donors (Lipinski definition) is 1. The van der Waals surface area contributed by atoms with Crippen molar-refractivity contribution >= 4 is 22.9 Å². The van der Waals surface area contributed by atoms with Crippen LogP contribution in [0, 0.1) is 11.6 Å². The number of thiophene rings is 1. The molecule has 1 atom stereocenters. The van der Waals surface area contributed by atoms with E-state index in [1.54, 1.807) is 17.5 Å². The van der Waals surface area contributed by atoms with Crippen LogP contribution in [0.2, 0.25) is 5.02 Å². The number of halogens is 3. The second-order valence-corrected chi connectivity index (χ2v) is 4.59. The summed E-state index contributed by atoms with van der Waals surface area (Å²) in [5, 5.41) is 11.3. The fourth-order valence-corrected chi connectivity index (χ4v) is 2.23. The third kappa shape index (κ3) is 2.09. The van der Waals surface area contributed by atoms with Crippen molar-refractivity contribution in [3.8, 4) is 0 Å². The standard InChI is InChI=1S/C11H7ClF2OS/c12-7-5-8(13)6(4-9(7)14)11(15)10-2-1-3-16-10/h1-5,11,15H. The number of hydrogen-bond acceptors (Lipinski definition) is 2. The Kier molecular flexibility index (Phi) is 3.23. The van der Waals surface area contributed by atoms with Gasteiger partial charge in [0.1, 0.15) is 17.7 Å². The van der Waals surface area contributed by atoms with Crippen LogP contribution < -0.4 is 0 Å². The Hall–Kier alpha value is -0.970. The molecular formula is C11H7ClF2OS. The van der Waals surface area contributed by atoms with E-state index in [0.29, 0.717) is 4.88 Å². The lowest BCUT2D eigenvalue weighted by atomic mass is 10.1. The Bertz CT molecular complexity index is 499. The molecule has 1 aromatic heterocycles. The molecule has 1 unspecified atom stereocenters. The maximum absolute atomic E-state index is 13.5. The molecule has 0 amide bonds. The van der Waals surface area contributed by atoms with Crippen molar-refractivity contribution in [3.63, 3.8) is 0 Å². The highest BCUT2D eigenvalue weighted by Crippen LogP contribution is 2.30. The molecule has 5 heteroatoms. The minimum Gasteiger partial charge on any atom is -0.383 e. The molecule has 2 rings (SSSR count). The minimum atomic E-state index is -1.16. The summed E-state index contributed by atoms with van der Waals surface area (Å²) < 4.78 is 26.6. The monoisotopic (exact) mass is 260 g/mol. The predicted octanol–water partition coefficient (Wildman–Crippen LogP) is 3.76. The van der Waals surface area contributed by atoms with E-state index in [4.69, 9.17) is 11.6 Å². The zero-order chi connectivity index (χ0) is 11.7. The summed E-state index contributed by atoms with van der Waals surface area (Å²) in [5.74, 6) is -1.46. The molecule has 1 nitrogen and oxygen atoms in total. The van der Waals surface area contributed by atoms with Gasteiger partial charge in [0, 0.05) is 10.4 Å². The fourth-order valence-electron chi connectivity index (χ4n) is 1.35. The summed E-state index contributed by atoms with van der Waals surface area (Å²) in [6.45, 7) is 0. The maximum atomic E-state index is 13.5. The molecule has 16 heavy (non-hydrogen) atoms. The molecule has 0 saturated carbocycles. The van der Waals surface area contributed by atoms with E-state index in [2.05, 4.69) is 0 Å². The topological polar surface area (TPSA) is 20.2 Å². The summed E-state index contributed by atoms with van der Waals surface area (Å²) in [4.78, 5) is 0.556. The van der Waals surface area contributed by atoms with E-state index in [1.807, 2.05) is 0 Å². The van der Waals surface area contributed by atoms with Gasteiger partial charge in [0.15, 0.2) is 0 Å². The van der Waals surface area contributed by atoms with Gasteiger partial charge in [-0.1, -0.05) is 17.7 Å². The van der Waals surface area contributed by atoms with Gasteiger partial charge in [-0.05, 0) is 23.6 Å². The molecule has 0 aliphatic carbocycles. The minimum absolute atomic E-state index is 0.107. The van der Waals surface area contributed by atoms with Gasteiger partial charge in [-0.3, -0.25) is 0 Å². The van der Waals surface area contributed by atoms with E-state index in [0.717, 1.165) is 12.1 Å². The normalized spacial score (nSPS) is 12.8. The highest BCUT2D eigenvalue weighted by molar-refractivity contribution is 7.10. The largest absolute Gasteiger partial charge is 0.383 e. The SMILES string of the molecule is OC(c1cccs1)c1cc(F)c(Cl)cc1F. The van der Waals surface area contributed by atoms with Gasteiger partial charge >= 0.3 is 0 Å². The molecule has 0 saturated heterocycles. The van der Waals surface area contributed by atoms with Crippen LogP contribution in [0.25, 0.3) is 0 Å². The molecule has 0 fully saturated rings. The first kappa shape index (κ1) is 11.5. The maximum Gasteiger partial charge on any atom is 0.142 e. The van der Waals surface area contributed by atoms with Crippen molar-refractivity contribution in [3.05, 3.63) is 56.7 Å². The van der Waals surface area contributed by atoms with Gasteiger partial charge in [-0.15, -0.1) is 11.3 Å². The molecule has 0 bridgehead atoms. The summed E-state index contributed by atoms with van der Waals surface area (Å²) in [7, 11) is 0. The highest BCUT2D eigenvalue weighted by atomic mass is 35.5. The van der Waals surface area contributed by atoms with Crippen LogP contribution in [-0.2, 0) is 0 Å². The second-order valence-electron chi connectivity index (χ2n) is 3.21. The third-order valence-corrected chi connectivity index (χ3v) is 3.36. The van der Waals surface area contributed by atoms with Crippen LogP contribution in [0.5, 0.6) is 0 Å². The first-order valence-electron chi connectivity index (χ1n) is 4.45. The van der Waals surface area contributed by atoms with E-state index in [1.165, 1.54) is 11.3 Å². The summed E-state index contributed by atoms with van der Waals surface area (Å²) >= 11 is 6.69. The van der Waals surface area contributed by atoms with Crippen LogP contribution in [0.4, 0.5) is 8.78 Å². The Balaban J connectivity index is 2.44. The summed E-state index contributed by atoms with van der Waals surface area (Å²) in [6, 6.07) is 5.17. The first-order chi connectivity index (χ1) is 7.59. The summed E-state index contributed by atoms with van der Waals surface area (Å²) in [6.07, 6.45) is -1.16. The molecule has 0 spiro atoms. The Morgan fingerprint density at radius 2 is 2.00 bits per heavy atom. The zero-order valence-corrected chi connectivity index (χ0v) is 9.53. The van der Waals surface area contributed by atoms with Crippen molar-refractivity contribution in [1.82, 2.24) is 0 Å². The van der Waals surface area contributed by atoms with E-state index in [-0.39, 0.29) is 10.6 Å². The number of aliphatic hydroxyl groups is 1. The van der Waals surface area contributed by atoms with Gasteiger partial charge in [-0.2, -0.15) is 0 Å². The van der Waals surface area contributed by atoms with Crippen molar-refractivity contribution in [1.29, 1.82) is 0 Å². The van der Waals surface area contributed by atoms with Crippen LogP contribution >= 0.6 is 22.9 Å². The lowest BCUT2D eigenvalue weighted by Crippen LogP contribution is -2.01. The number of aliphatic hydroxyl groups excluding tert-OH is 1. The lowest BCUT2D eigenvalue weighted by Gasteiger charge is -2.10. The van der Waals surface area contributed by atoms with E-state index >= 15 is 0 Å². The van der Waals surface area contributed by atoms with Gasteiger partial charge in [0.2, 0.25) is 0 Å². The fraction of sp³-hybridized carbons (Fsp3) is 0.0909. The van der Waals surface area contributed by atoms with Crippen molar-refractivity contribution in [2.75, 3.05) is 0 Å². The van der Waals surface area contributed by atoms with Gasteiger partial charge in [0.05, 0.1) is 5.02 Å². The van der Waals surface area contributed by atoms with Crippen molar-refractivity contribution in [2.45, 2.75) is 6.10 Å². The zero-order valence-electron chi connectivity index (χ0n) is 7.95. The van der Waals surface area contributed by atoms with Crippen LogP contribution in [-0.4, -0.2) is 5.11 Å². The van der Waals surface area contributed by atoms with Gasteiger partial charge in [0.25, 0.3) is 0 Å². The van der Waals surface area contributed by atoms with E-state index in [9.17, 15) is 13.9 Å². The first-order valence-corrected chi connectivity index (χ1v) is 5.71. The van der Waals surface area contributed by atoms with Crippen molar-refractivity contribution in [2.24, 2.45) is 0 Å². The Labute approximate surface area is 99.9 Å². The third-order valence-electron chi connectivity index (χ3n) is 2.15. The molecule has 0 aliphatic rings. The van der Waals surface area contributed by atoms with Crippen LogP contribution in [0.15, 0.2) is 29.6 Å². The number of rotatable bonds is 2. The highest BCUT2D eigenvalue weighted by Gasteiger charge is 2.18. The average Bonchev–Trinajstić information content (AvgIpc) is 2.75. The molecule has 1 aromatic carbocycles. The molecule has 1 N–H and O–H groups in total. The molecule has 84 valence electrons. The summed E-state index contributed by atoms with van der Waals surface area (Å²) in [5.41, 5.74) is -0.107. The molecular weight excluding hydrogens is 254 g/mol. The van der Waals surface area contributed by atoms with Crippen molar-refractivity contribution < 1.29 is 13.9 Å². The molecule has 2 aromatic rings.